The van der Waals surface area contributed by atoms with Gasteiger partial charge in [0.2, 0.25) is 0 Å². The number of carbonyl (C=O) groups is 1. The van der Waals surface area contributed by atoms with Gasteiger partial charge in [-0.1, -0.05) is 5.16 Å². The van der Waals surface area contributed by atoms with E-state index in [2.05, 4.69) is 10.3 Å². The molecule has 2 aromatic rings. The van der Waals surface area contributed by atoms with Crippen LogP contribution in [0.4, 0.5) is 0 Å². The third-order valence-corrected chi connectivity index (χ3v) is 2.47. The maximum absolute atomic E-state index is 12.0. The molecular formula is C10H11N3O5. The van der Waals surface area contributed by atoms with Gasteiger partial charge in [-0.05, 0) is 6.92 Å². The molecular weight excluding hydrogens is 242 g/mol. The summed E-state index contributed by atoms with van der Waals surface area (Å²) in [5.41, 5.74) is -0.778. The van der Waals surface area contributed by atoms with E-state index in [1.807, 2.05) is 0 Å². The van der Waals surface area contributed by atoms with Crippen LogP contribution in [0.15, 0.2) is 9.32 Å². The highest BCUT2D eigenvalue weighted by Crippen LogP contribution is 2.17. The molecule has 0 fully saturated rings. The van der Waals surface area contributed by atoms with Crippen LogP contribution in [0.3, 0.4) is 0 Å². The van der Waals surface area contributed by atoms with Gasteiger partial charge in [0, 0.05) is 7.11 Å². The van der Waals surface area contributed by atoms with E-state index in [4.69, 9.17) is 14.4 Å². The molecule has 0 spiro atoms. The van der Waals surface area contributed by atoms with Gasteiger partial charge >= 0.3 is 5.97 Å². The monoisotopic (exact) mass is 253 g/mol. The predicted octanol–water partition coefficient (Wildman–Crippen LogP) is 0.0375. The minimum atomic E-state index is -1.24. The molecule has 0 aliphatic heterocycles. The van der Waals surface area contributed by atoms with Gasteiger partial charge in [0.25, 0.3) is 5.56 Å². The van der Waals surface area contributed by atoms with Gasteiger partial charge in [0.15, 0.2) is 11.2 Å². The fourth-order valence-corrected chi connectivity index (χ4v) is 1.61. The maximum Gasteiger partial charge on any atom is 0.357 e. The molecule has 96 valence electrons. The molecule has 0 saturated heterocycles. The van der Waals surface area contributed by atoms with Gasteiger partial charge in [-0.2, -0.15) is 5.10 Å². The molecule has 1 N–H and O–H groups in total. The first-order valence-electron chi connectivity index (χ1n) is 5.15. The SMILES string of the molecule is COCCn1nc(C(=O)O)c2c(C)onc2c1=O. The van der Waals surface area contributed by atoms with Crippen molar-refractivity contribution in [3.8, 4) is 0 Å². The van der Waals surface area contributed by atoms with Crippen molar-refractivity contribution in [1.29, 1.82) is 0 Å². The van der Waals surface area contributed by atoms with Crippen LogP contribution in [0, 0.1) is 6.92 Å². The van der Waals surface area contributed by atoms with Crippen LogP contribution in [-0.2, 0) is 11.3 Å². The molecule has 8 nitrogen and oxygen atoms in total. The molecule has 0 aliphatic rings. The third kappa shape index (κ3) is 1.86. The van der Waals surface area contributed by atoms with E-state index < -0.39 is 11.5 Å². The average molecular weight is 253 g/mol. The smallest absolute Gasteiger partial charge is 0.357 e. The van der Waals surface area contributed by atoms with Gasteiger partial charge in [-0.25, -0.2) is 9.48 Å². The zero-order valence-electron chi connectivity index (χ0n) is 9.84. The predicted molar refractivity (Wildman–Crippen MR) is 59.6 cm³/mol. The van der Waals surface area contributed by atoms with Crippen molar-refractivity contribution in [1.82, 2.24) is 14.9 Å². The van der Waals surface area contributed by atoms with Crippen LogP contribution in [-0.4, -0.2) is 39.7 Å². The van der Waals surface area contributed by atoms with Gasteiger partial charge in [-0.15, -0.1) is 0 Å². The number of nitrogens with zero attached hydrogens (tertiary/aromatic N) is 3. The Bertz CT molecular complexity index is 657. The number of hydrogen-bond acceptors (Lipinski definition) is 6. The molecule has 2 heterocycles. The standard InChI is InChI=1S/C10H11N3O5/c1-5-6-7(12-18-5)9(14)13(3-4-17-2)11-8(6)10(15)16/h3-4H2,1-2H3,(H,15,16). The van der Waals surface area contributed by atoms with Crippen molar-refractivity contribution in [2.75, 3.05) is 13.7 Å². The van der Waals surface area contributed by atoms with Crippen molar-refractivity contribution < 1.29 is 19.2 Å². The normalized spacial score (nSPS) is 11.0. The Morgan fingerprint density at radius 3 is 2.89 bits per heavy atom. The highest BCUT2D eigenvalue weighted by molar-refractivity contribution is 6.00. The molecule has 2 rings (SSSR count). The minimum Gasteiger partial charge on any atom is -0.476 e. The van der Waals surface area contributed by atoms with Gasteiger partial charge in [0.05, 0.1) is 18.5 Å². The van der Waals surface area contributed by atoms with Crippen molar-refractivity contribution in [2.24, 2.45) is 0 Å². The molecule has 0 atom stereocenters. The Kier molecular flexibility index (Phi) is 3.11. The third-order valence-electron chi connectivity index (χ3n) is 2.47. The number of methoxy groups -OCH3 is 1. The van der Waals surface area contributed by atoms with Crippen LogP contribution in [0.5, 0.6) is 0 Å². The van der Waals surface area contributed by atoms with Crippen LogP contribution in [0.1, 0.15) is 16.2 Å². The summed E-state index contributed by atoms with van der Waals surface area (Å²) in [6, 6.07) is 0. The van der Waals surface area contributed by atoms with Crippen LogP contribution in [0.2, 0.25) is 0 Å². The number of aryl methyl sites for hydroxylation is 1. The maximum atomic E-state index is 12.0. The van der Waals surface area contributed by atoms with E-state index in [0.29, 0.717) is 0 Å². The van der Waals surface area contributed by atoms with E-state index in [-0.39, 0.29) is 35.5 Å². The number of fused-ring (bicyclic) bond motifs is 1. The number of rotatable bonds is 4. The first-order chi connectivity index (χ1) is 8.56. The number of ether oxygens (including phenoxy) is 1. The average Bonchev–Trinajstić information content (AvgIpc) is 2.71. The first kappa shape index (κ1) is 12.2. The molecule has 18 heavy (non-hydrogen) atoms. The molecule has 0 amide bonds. The molecule has 0 unspecified atom stereocenters. The van der Waals surface area contributed by atoms with E-state index in [9.17, 15) is 9.59 Å². The molecule has 0 radical (unpaired) electrons. The molecule has 0 saturated carbocycles. The van der Waals surface area contributed by atoms with Gasteiger partial charge < -0.3 is 14.4 Å². The Hall–Kier alpha value is -2.22. The minimum absolute atomic E-state index is 0.0315. The van der Waals surface area contributed by atoms with Crippen LogP contribution in [0.25, 0.3) is 10.9 Å². The number of aromatic nitrogens is 3. The Morgan fingerprint density at radius 1 is 1.56 bits per heavy atom. The zero-order chi connectivity index (χ0) is 13.3. The zero-order valence-corrected chi connectivity index (χ0v) is 9.84. The summed E-state index contributed by atoms with van der Waals surface area (Å²) >= 11 is 0. The highest BCUT2D eigenvalue weighted by Gasteiger charge is 2.21. The number of carboxylic acids is 1. The number of hydrogen-bond donors (Lipinski definition) is 1. The number of aromatic carboxylic acids is 1. The summed E-state index contributed by atoms with van der Waals surface area (Å²) < 4.78 is 10.7. The van der Waals surface area contributed by atoms with E-state index >= 15 is 0 Å². The van der Waals surface area contributed by atoms with E-state index in [0.717, 1.165) is 4.68 Å². The quantitative estimate of drug-likeness (QED) is 0.819. The van der Waals surface area contributed by atoms with Crippen molar-refractivity contribution in [3.05, 3.63) is 21.8 Å². The second-order valence-corrected chi connectivity index (χ2v) is 3.64. The second-order valence-electron chi connectivity index (χ2n) is 3.64. The largest absolute Gasteiger partial charge is 0.476 e. The molecule has 2 aromatic heterocycles. The van der Waals surface area contributed by atoms with Gasteiger partial charge in [0.1, 0.15) is 5.76 Å². The topological polar surface area (TPSA) is 107 Å². The summed E-state index contributed by atoms with van der Waals surface area (Å²) in [6.07, 6.45) is 0. The van der Waals surface area contributed by atoms with Crippen molar-refractivity contribution >= 4 is 16.9 Å². The fourth-order valence-electron chi connectivity index (χ4n) is 1.61. The van der Waals surface area contributed by atoms with Crippen LogP contribution < -0.4 is 5.56 Å². The lowest BCUT2D eigenvalue weighted by molar-refractivity contribution is 0.0689. The summed E-state index contributed by atoms with van der Waals surface area (Å²) in [4.78, 5) is 23.1. The number of carboxylic acid groups (broad SMARTS) is 1. The lowest BCUT2D eigenvalue weighted by Crippen LogP contribution is -2.27. The molecule has 0 aliphatic carbocycles. The fraction of sp³-hybridized carbons (Fsp3) is 0.400. The van der Waals surface area contributed by atoms with Crippen LogP contribution >= 0.6 is 0 Å². The molecule has 0 aromatic carbocycles. The first-order valence-corrected chi connectivity index (χ1v) is 5.15. The Labute approximate surface area is 101 Å². The highest BCUT2D eigenvalue weighted by atomic mass is 16.5. The molecule has 0 bridgehead atoms. The van der Waals surface area contributed by atoms with Gasteiger partial charge in [-0.3, -0.25) is 4.79 Å². The summed E-state index contributed by atoms with van der Waals surface area (Å²) in [5, 5.41) is 16.6. The van der Waals surface area contributed by atoms with Crippen molar-refractivity contribution in [3.63, 3.8) is 0 Å². The summed E-state index contributed by atoms with van der Waals surface area (Å²) in [6.45, 7) is 1.92. The Balaban J connectivity index is 2.72. The second kappa shape index (κ2) is 4.57. The lowest BCUT2D eigenvalue weighted by Gasteiger charge is -2.05. The summed E-state index contributed by atoms with van der Waals surface area (Å²) in [7, 11) is 1.47. The van der Waals surface area contributed by atoms with E-state index in [1.165, 1.54) is 14.0 Å². The Morgan fingerprint density at radius 2 is 2.28 bits per heavy atom. The summed E-state index contributed by atoms with van der Waals surface area (Å²) in [5.74, 6) is -0.983. The van der Waals surface area contributed by atoms with E-state index in [1.54, 1.807) is 0 Å². The van der Waals surface area contributed by atoms with Crippen molar-refractivity contribution in [2.45, 2.75) is 13.5 Å². The molecule has 8 heteroatoms. The lowest BCUT2D eigenvalue weighted by atomic mass is 10.2.